The first-order valence-electron chi connectivity index (χ1n) is 7.60. The molecule has 2 N–H and O–H groups in total. The molecule has 7 heteroatoms. The Balaban J connectivity index is 2.12. The Bertz CT molecular complexity index is 869. The number of aromatic hydroxyl groups is 1. The third kappa shape index (κ3) is 4.72. The van der Waals surface area contributed by atoms with Crippen molar-refractivity contribution in [2.75, 3.05) is 0 Å². The third-order valence-electron chi connectivity index (χ3n) is 3.63. The van der Waals surface area contributed by atoms with E-state index in [1.165, 1.54) is 25.1 Å². The summed E-state index contributed by atoms with van der Waals surface area (Å²) in [5, 5.41) is 12.3. The number of nitrogens with one attached hydrogen (secondary N) is 1. The van der Waals surface area contributed by atoms with Crippen LogP contribution in [0.3, 0.4) is 0 Å². The SMILES string of the molecule is C=C(NC(=O)N=C(C)c1ccc(C(F)(F)F)cc1)c1cc(C)ccc1O. The van der Waals surface area contributed by atoms with Crippen molar-refractivity contribution in [3.05, 3.63) is 71.3 Å². The summed E-state index contributed by atoms with van der Waals surface area (Å²) < 4.78 is 37.7. The van der Waals surface area contributed by atoms with Crippen LogP contribution >= 0.6 is 0 Å². The quantitative estimate of drug-likeness (QED) is 0.762. The second kappa shape index (κ2) is 7.43. The Morgan fingerprint density at radius 2 is 1.77 bits per heavy atom. The molecule has 2 amide bonds. The van der Waals surface area contributed by atoms with Gasteiger partial charge in [0.25, 0.3) is 0 Å². The van der Waals surface area contributed by atoms with Crippen LogP contribution in [0.1, 0.15) is 29.2 Å². The Hall–Kier alpha value is -3.09. The molecule has 26 heavy (non-hydrogen) atoms. The molecule has 4 nitrogen and oxygen atoms in total. The van der Waals surface area contributed by atoms with E-state index in [0.29, 0.717) is 11.1 Å². The van der Waals surface area contributed by atoms with Crippen LogP contribution in [-0.2, 0) is 6.18 Å². The zero-order chi connectivity index (χ0) is 19.5. The number of aryl methyl sites for hydroxylation is 1. The molecule has 0 fully saturated rings. The van der Waals surface area contributed by atoms with Gasteiger partial charge in [-0.25, -0.2) is 4.79 Å². The first-order valence-corrected chi connectivity index (χ1v) is 7.60. The van der Waals surface area contributed by atoms with E-state index in [2.05, 4.69) is 16.9 Å². The minimum Gasteiger partial charge on any atom is -0.507 e. The minimum atomic E-state index is -4.42. The van der Waals surface area contributed by atoms with Gasteiger partial charge in [-0.3, -0.25) is 0 Å². The molecule has 0 aliphatic heterocycles. The summed E-state index contributed by atoms with van der Waals surface area (Å²) in [6.07, 6.45) is -4.42. The molecule has 0 atom stereocenters. The number of urea groups is 1. The topological polar surface area (TPSA) is 61.7 Å². The molecule has 0 unspecified atom stereocenters. The van der Waals surface area contributed by atoms with E-state index in [9.17, 15) is 23.1 Å². The average Bonchev–Trinajstić information content (AvgIpc) is 2.56. The number of nitrogens with zero attached hydrogens (tertiary/aromatic N) is 1. The number of hydrogen-bond donors (Lipinski definition) is 2. The number of carbonyl (C=O) groups is 1. The number of rotatable bonds is 3. The molecule has 0 aromatic heterocycles. The molecule has 0 aliphatic rings. The minimum absolute atomic E-state index is 0.0376. The van der Waals surface area contributed by atoms with Crippen molar-refractivity contribution in [1.82, 2.24) is 5.32 Å². The van der Waals surface area contributed by atoms with Crippen molar-refractivity contribution in [1.29, 1.82) is 0 Å². The smallest absolute Gasteiger partial charge is 0.416 e. The van der Waals surface area contributed by atoms with E-state index in [4.69, 9.17) is 0 Å². The summed E-state index contributed by atoms with van der Waals surface area (Å²) in [7, 11) is 0. The van der Waals surface area contributed by atoms with Gasteiger partial charge in [-0.2, -0.15) is 18.2 Å². The monoisotopic (exact) mass is 362 g/mol. The molecule has 0 saturated heterocycles. The fourth-order valence-electron chi connectivity index (χ4n) is 2.23. The molecule has 136 valence electrons. The Labute approximate surface area is 148 Å². The summed E-state index contributed by atoms with van der Waals surface area (Å²) in [6, 6.07) is 8.45. The number of phenols is 1. The number of hydrogen-bond acceptors (Lipinski definition) is 2. The fourth-order valence-corrected chi connectivity index (χ4v) is 2.23. The maximum atomic E-state index is 12.6. The highest BCUT2D eigenvalue weighted by Gasteiger charge is 2.30. The van der Waals surface area contributed by atoms with Crippen LogP contribution < -0.4 is 5.32 Å². The molecule has 0 heterocycles. The van der Waals surface area contributed by atoms with Gasteiger partial charge in [0.05, 0.1) is 11.3 Å². The van der Waals surface area contributed by atoms with E-state index < -0.39 is 17.8 Å². The predicted octanol–water partition coefficient (Wildman–Crippen LogP) is 4.91. The Morgan fingerprint density at radius 3 is 2.35 bits per heavy atom. The Kier molecular flexibility index (Phi) is 5.50. The highest BCUT2D eigenvalue weighted by atomic mass is 19.4. The van der Waals surface area contributed by atoms with Crippen LogP contribution in [0.2, 0.25) is 0 Å². The number of carbonyl (C=O) groups excluding carboxylic acids is 1. The molecule has 2 aromatic rings. The van der Waals surface area contributed by atoms with E-state index in [1.807, 2.05) is 6.92 Å². The molecule has 2 aromatic carbocycles. The molecular formula is C19H17F3N2O2. The lowest BCUT2D eigenvalue weighted by molar-refractivity contribution is -0.137. The van der Waals surface area contributed by atoms with Gasteiger partial charge in [0.15, 0.2) is 0 Å². The largest absolute Gasteiger partial charge is 0.507 e. The number of benzene rings is 2. The van der Waals surface area contributed by atoms with E-state index >= 15 is 0 Å². The van der Waals surface area contributed by atoms with Gasteiger partial charge in [0.2, 0.25) is 0 Å². The number of amides is 2. The van der Waals surface area contributed by atoms with Crippen LogP contribution in [0.25, 0.3) is 5.70 Å². The van der Waals surface area contributed by atoms with Crippen LogP contribution in [0, 0.1) is 6.92 Å². The first-order chi connectivity index (χ1) is 12.1. The highest BCUT2D eigenvalue weighted by molar-refractivity contribution is 6.05. The normalized spacial score (nSPS) is 12.0. The van der Waals surface area contributed by atoms with Crippen molar-refractivity contribution < 1.29 is 23.1 Å². The summed E-state index contributed by atoms with van der Waals surface area (Å²) in [5.41, 5.74) is 1.26. The number of phenolic OH excluding ortho intramolecular Hbond substituents is 1. The second-order valence-corrected chi connectivity index (χ2v) is 5.70. The summed E-state index contributed by atoms with van der Waals surface area (Å²) in [5.74, 6) is -0.0376. The molecule has 0 spiro atoms. The fraction of sp³-hybridized carbons (Fsp3) is 0.158. The lowest BCUT2D eigenvalue weighted by Crippen LogP contribution is -2.19. The number of halogens is 3. The van der Waals surface area contributed by atoms with Gasteiger partial charge in [-0.05, 0) is 43.7 Å². The summed E-state index contributed by atoms with van der Waals surface area (Å²) in [4.78, 5) is 15.8. The van der Waals surface area contributed by atoms with Crippen LogP contribution in [0.4, 0.5) is 18.0 Å². The van der Waals surface area contributed by atoms with Crippen molar-refractivity contribution in [2.45, 2.75) is 20.0 Å². The Morgan fingerprint density at radius 1 is 1.15 bits per heavy atom. The van der Waals surface area contributed by atoms with E-state index in [0.717, 1.165) is 17.7 Å². The predicted molar refractivity (Wildman–Crippen MR) is 94.1 cm³/mol. The van der Waals surface area contributed by atoms with Gasteiger partial charge in [-0.15, -0.1) is 0 Å². The van der Waals surface area contributed by atoms with Crippen molar-refractivity contribution in [3.63, 3.8) is 0 Å². The molecule has 0 aliphatic carbocycles. The number of alkyl halides is 3. The molecule has 2 rings (SSSR count). The lowest BCUT2D eigenvalue weighted by atomic mass is 10.1. The summed E-state index contributed by atoms with van der Waals surface area (Å²) in [6.45, 7) is 7.03. The first kappa shape index (κ1) is 19.2. The van der Waals surface area contributed by atoms with Gasteiger partial charge in [0.1, 0.15) is 5.75 Å². The molecular weight excluding hydrogens is 345 g/mol. The maximum absolute atomic E-state index is 12.6. The van der Waals surface area contributed by atoms with E-state index in [-0.39, 0.29) is 17.2 Å². The third-order valence-corrected chi connectivity index (χ3v) is 3.63. The van der Waals surface area contributed by atoms with Crippen molar-refractivity contribution in [3.8, 4) is 5.75 Å². The van der Waals surface area contributed by atoms with Crippen LogP contribution in [0.15, 0.2) is 54.0 Å². The van der Waals surface area contributed by atoms with Gasteiger partial charge >= 0.3 is 12.2 Å². The lowest BCUT2D eigenvalue weighted by Gasteiger charge is -2.10. The zero-order valence-corrected chi connectivity index (χ0v) is 14.2. The van der Waals surface area contributed by atoms with Crippen LogP contribution in [-0.4, -0.2) is 16.8 Å². The zero-order valence-electron chi connectivity index (χ0n) is 14.2. The standard InChI is InChI=1S/C19H17F3N2O2/c1-11-4-9-17(25)16(10-11)13(3)24-18(26)23-12(2)14-5-7-15(8-6-14)19(20,21)22/h4-10,25H,3H2,1-2H3,(H,24,26). The van der Waals surface area contributed by atoms with E-state index in [1.54, 1.807) is 12.1 Å². The summed E-state index contributed by atoms with van der Waals surface area (Å²) >= 11 is 0. The second-order valence-electron chi connectivity index (χ2n) is 5.70. The number of aliphatic imine (C=N–C) groups is 1. The molecule has 0 saturated carbocycles. The maximum Gasteiger partial charge on any atom is 0.416 e. The highest BCUT2D eigenvalue weighted by Crippen LogP contribution is 2.29. The van der Waals surface area contributed by atoms with Gasteiger partial charge in [0, 0.05) is 11.3 Å². The molecule has 0 bridgehead atoms. The average molecular weight is 362 g/mol. The van der Waals surface area contributed by atoms with Gasteiger partial charge < -0.3 is 10.4 Å². The van der Waals surface area contributed by atoms with Crippen LogP contribution in [0.5, 0.6) is 5.75 Å². The van der Waals surface area contributed by atoms with Gasteiger partial charge in [-0.1, -0.05) is 30.3 Å². The van der Waals surface area contributed by atoms with Crippen molar-refractivity contribution >= 4 is 17.4 Å². The van der Waals surface area contributed by atoms with Crippen molar-refractivity contribution in [2.24, 2.45) is 4.99 Å². The molecule has 0 radical (unpaired) electrons.